The lowest BCUT2D eigenvalue weighted by atomic mass is 10.3. The third kappa shape index (κ3) is 3.52. The first-order valence-corrected chi connectivity index (χ1v) is 5.24. The fourth-order valence-electron chi connectivity index (χ4n) is 1.30. The topological polar surface area (TPSA) is 34.4 Å². The summed E-state index contributed by atoms with van der Waals surface area (Å²) in [5.41, 5.74) is 1.19. The van der Waals surface area contributed by atoms with Crippen molar-refractivity contribution < 1.29 is 9.15 Å². The molecule has 3 heteroatoms. The Bertz CT molecular complexity index is 242. The van der Waals surface area contributed by atoms with Crippen LogP contribution in [-0.4, -0.2) is 19.8 Å². The van der Waals surface area contributed by atoms with Crippen molar-refractivity contribution in [2.24, 2.45) is 5.92 Å². The second-order valence-corrected chi connectivity index (χ2v) is 3.83. The Hall–Kier alpha value is -0.800. The molecule has 14 heavy (non-hydrogen) atoms. The van der Waals surface area contributed by atoms with Gasteiger partial charge in [0.25, 0.3) is 0 Å². The van der Waals surface area contributed by atoms with Gasteiger partial charge in [-0.3, -0.25) is 0 Å². The van der Waals surface area contributed by atoms with Crippen LogP contribution in [0.15, 0.2) is 23.0 Å². The minimum atomic E-state index is 0.814. The van der Waals surface area contributed by atoms with Gasteiger partial charge in [-0.1, -0.05) is 0 Å². The normalized spacial score (nSPS) is 16.0. The van der Waals surface area contributed by atoms with E-state index in [0.29, 0.717) is 0 Å². The fourth-order valence-corrected chi connectivity index (χ4v) is 1.30. The smallest absolute Gasteiger partial charge is 0.0947 e. The van der Waals surface area contributed by atoms with E-state index in [1.165, 1.54) is 18.4 Å². The van der Waals surface area contributed by atoms with Crippen LogP contribution in [-0.2, 0) is 11.3 Å². The summed E-state index contributed by atoms with van der Waals surface area (Å²) in [5.74, 6) is 0.865. The zero-order valence-electron chi connectivity index (χ0n) is 8.37. The van der Waals surface area contributed by atoms with Crippen molar-refractivity contribution in [2.75, 3.05) is 19.8 Å². The maximum absolute atomic E-state index is 5.49. The van der Waals surface area contributed by atoms with Gasteiger partial charge >= 0.3 is 0 Å². The van der Waals surface area contributed by atoms with Gasteiger partial charge in [0.15, 0.2) is 0 Å². The SMILES string of the molecule is c1cc(CNCCOCC2CC2)co1. The average Bonchev–Trinajstić information content (AvgIpc) is 2.87. The predicted octanol–water partition coefficient (Wildman–Crippen LogP) is 1.80. The molecule has 1 aliphatic carbocycles. The number of hydrogen-bond donors (Lipinski definition) is 1. The van der Waals surface area contributed by atoms with Gasteiger partial charge in [0, 0.05) is 25.3 Å². The van der Waals surface area contributed by atoms with Gasteiger partial charge in [-0.2, -0.15) is 0 Å². The maximum Gasteiger partial charge on any atom is 0.0947 e. The lowest BCUT2D eigenvalue weighted by molar-refractivity contribution is 0.126. The van der Waals surface area contributed by atoms with Crippen LogP contribution in [0.25, 0.3) is 0 Å². The van der Waals surface area contributed by atoms with Crippen LogP contribution >= 0.6 is 0 Å². The third-order valence-corrected chi connectivity index (χ3v) is 2.38. The molecule has 1 N–H and O–H groups in total. The summed E-state index contributed by atoms with van der Waals surface area (Å²) in [5, 5.41) is 3.30. The van der Waals surface area contributed by atoms with E-state index in [4.69, 9.17) is 9.15 Å². The summed E-state index contributed by atoms with van der Waals surface area (Å²) < 4.78 is 10.5. The number of furan rings is 1. The highest BCUT2D eigenvalue weighted by Crippen LogP contribution is 2.28. The maximum atomic E-state index is 5.49. The summed E-state index contributed by atoms with van der Waals surface area (Å²) in [6, 6.07) is 1.97. The monoisotopic (exact) mass is 195 g/mol. The molecule has 3 nitrogen and oxygen atoms in total. The molecule has 0 aromatic carbocycles. The van der Waals surface area contributed by atoms with Crippen molar-refractivity contribution in [3.63, 3.8) is 0 Å². The molecule has 1 aromatic heterocycles. The molecule has 2 rings (SSSR count). The molecular formula is C11H17NO2. The largest absolute Gasteiger partial charge is 0.472 e. The molecule has 0 aliphatic heterocycles. The van der Waals surface area contributed by atoms with Crippen molar-refractivity contribution in [1.29, 1.82) is 0 Å². The van der Waals surface area contributed by atoms with E-state index >= 15 is 0 Å². The minimum Gasteiger partial charge on any atom is -0.472 e. The molecule has 0 atom stereocenters. The number of hydrogen-bond acceptors (Lipinski definition) is 3. The van der Waals surface area contributed by atoms with E-state index in [1.54, 1.807) is 12.5 Å². The molecule has 1 aliphatic rings. The Kier molecular flexibility index (Phi) is 3.60. The quantitative estimate of drug-likeness (QED) is 0.674. The minimum absolute atomic E-state index is 0.814. The van der Waals surface area contributed by atoms with Gasteiger partial charge in [0.05, 0.1) is 19.1 Å². The highest BCUT2D eigenvalue weighted by Gasteiger charge is 2.20. The number of rotatable bonds is 7. The molecule has 0 spiro atoms. The first kappa shape index (κ1) is 9.74. The highest BCUT2D eigenvalue weighted by atomic mass is 16.5. The summed E-state index contributed by atoms with van der Waals surface area (Å²) in [7, 11) is 0. The van der Waals surface area contributed by atoms with Crippen molar-refractivity contribution >= 4 is 0 Å². The van der Waals surface area contributed by atoms with Crippen molar-refractivity contribution in [1.82, 2.24) is 5.32 Å². The van der Waals surface area contributed by atoms with Crippen molar-refractivity contribution in [3.05, 3.63) is 24.2 Å². The van der Waals surface area contributed by atoms with Crippen LogP contribution in [0.4, 0.5) is 0 Å². The lowest BCUT2D eigenvalue weighted by Gasteiger charge is -2.03. The second-order valence-electron chi connectivity index (χ2n) is 3.83. The zero-order valence-corrected chi connectivity index (χ0v) is 8.37. The molecule has 0 saturated heterocycles. The Balaban J connectivity index is 1.43. The number of ether oxygens (including phenoxy) is 1. The van der Waals surface area contributed by atoms with Crippen LogP contribution in [0.5, 0.6) is 0 Å². The van der Waals surface area contributed by atoms with Crippen LogP contribution in [0.3, 0.4) is 0 Å². The molecule has 1 aromatic rings. The summed E-state index contributed by atoms with van der Waals surface area (Å²) in [4.78, 5) is 0. The molecule has 1 heterocycles. The Morgan fingerprint density at radius 3 is 3.14 bits per heavy atom. The molecule has 1 saturated carbocycles. The van der Waals surface area contributed by atoms with Crippen LogP contribution < -0.4 is 5.32 Å². The average molecular weight is 195 g/mol. The first-order chi connectivity index (χ1) is 6.95. The summed E-state index contributed by atoms with van der Waals surface area (Å²) >= 11 is 0. The summed E-state index contributed by atoms with van der Waals surface area (Å²) in [6.45, 7) is 3.54. The molecule has 78 valence electrons. The van der Waals surface area contributed by atoms with Gasteiger partial charge < -0.3 is 14.5 Å². The van der Waals surface area contributed by atoms with E-state index in [1.807, 2.05) is 6.07 Å². The van der Waals surface area contributed by atoms with Gasteiger partial charge in [-0.05, 0) is 24.8 Å². The van der Waals surface area contributed by atoms with E-state index in [2.05, 4.69) is 5.32 Å². The van der Waals surface area contributed by atoms with Gasteiger partial charge in [-0.25, -0.2) is 0 Å². The second kappa shape index (κ2) is 5.17. The van der Waals surface area contributed by atoms with Crippen LogP contribution in [0.1, 0.15) is 18.4 Å². The van der Waals surface area contributed by atoms with E-state index in [0.717, 1.165) is 32.2 Å². The molecular weight excluding hydrogens is 178 g/mol. The Labute approximate surface area is 84.4 Å². The van der Waals surface area contributed by atoms with Gasteiger partial charge in [0.2, 0.25) is 0 Å². The van der Waals surface area contributed by atoms with Crippen molar-refractivity contribution in [2.45, 2.75) is 19.4 Å². The zero-order chi connectivity index (χ0) is 9.64. The molecule has 0 bridgehead atoms. The van der Waals surface area contributed by atoms with Crippen molar-refractivity contribution in [3.8, 4) is 0 Å². The standard InChI is InChI=1S/C11H17NO2/c1-2-10(1)8-14-6-4-12-7-11-3-5-13-9-11/h3,5,9-10,12H,1-2,4,6-8H2. The third-order valence-electron chi connectivity index (χ3n) is 2.38. The van der Waals surface area contributed by atoms with Crippen LogP contribution in [0.2, 0.25) is 0 Å². The molecule has 0 radical (unpaired) electrons. The van der Waals surface area contributed by atoms with Crippen LogP contribution in [0, 0.1) is 5.92 Å². The van der Waals surface area contributed by atoms with E-state index < -0.39 is 0 Å². The Morgan fingerprint density at radius 2 is 2.43 bits per heavy atom. The van der Waals surface area contributed by atoms with Gasteiger partial charge in [0.1, 0.15) is 0 Å². The Morgan fingerprint density at radius 1 is 1.50 bits per heavy atom. The predicted molar refractivity (Wildman–Crippen MR) is 54.0 cm³/mol. The van der Waals surface area contributed by atoms with E-state index in [9.17, 15) is 0 Å². The molecule has 0 amide bonds. The number of nitrogens with one attached hydrogen (secondary N) is 1. The highest BCUT2D eigenvalue weighted by molar-refractivity contribution is 5.04. The van der Waals surface area contributed by atoms with E-state index in [-0.39, 0.29) is 0 Å². The summed E-state index contributed by atoms with van der Waals surface area (Å²) in [6.07, 6.45) is 6.18. The molecule has 1 fully saturated rings. The van der Waals surface area contributed by atoms with Gasteiger partial charge in [-0.15, -0.1) is 0 Å². The first-order valence-electron chi connectivity index (χ1n) is 5.24. The molecule has 0 unspecified atom stereocenters. The fraction of sp³-hybridized carbons (Fsp3) is 0.636. The lowest BCUT2D eigenvalue weighted by Crippen LogP contribution is -2.19.